The zero-order valence-electron chi connectivity index (χ0n) is 10.6. The molecule has 17 heavy (non-hydrogen) atoms. The lowest BCUT2D eigenvalue weighted by Crippen LogP contribution is -2.48. The van der Waals surface area contributed by atoms with Crippen molar-refractivity contribution in [1.82, 2.24) is 4.90 Å². The summed E-state index contributed by atoms with van der Waals surface area (Å²) in [7, 11) is 0. The maximum atomic E-state index is 6.15. The van der Waals surface area contributed by atoms with Gasteiger partial charge in [-0.2, -0.15) is 0 Å². The summed E-state index contributed by atoms with van der Waals surface area (Å²) in [4.78, 5) is 2.46. The third-order valence-electron chi connectivity index (χ3n) is 3.56. The van der Waals surface area contributed by atoms with Crippen LogP contribution in [-0.2, 0) is 0 Å². The molecule has 1 aliphatic heterocycles. The molecular formula is C14H21ClN2. The van der Waals surface area contributed by atoms with Crippen LogP contribution in [0.4, 0.5) is 0 Å². The maximum Gasteiger partial charge on any atom is 0.0408 e. The fourth-order valence-corrected chi connectivity index (χ4v) is 2.80. The van der Waals surface area contributed by atoms with Crippen LogP contribution < -0.4 is 5.73 Å². The van der Waals surface area contributed by atoms with Crippen LogP contribution in [-0.4, -0.2) is 30.1 Å². The smallest absolute Gasteiger partial charge is 0.0408 e. The van der Waals surface area contributed by atoms with E-state index in [0.717, 1.165) is 24.5 Å². The van der Waals surface area contributed by atoms with Crippen LogP contribution in [0.5, 0.6) is 0 Å². The van der Waals surface area contributed by atoms with Gasteiger partial charge in [0.05, 0.1) is 0 Å². The Morgan fingerprint density at radius 1 is 1.35 bits per heavy atom. The summed E-state index contributed by atoms with van der Waals surface area (Å²) in [5.41, 5.74) is 7.47. The summed E-state index contributed by atoms with van der Waals surface area (Å²) in [6.45, 7) is 6.56. The molecule has 3 heteroatoms. The van der Waals surface area contributed by atoms with E-state index in [1.54, 1.807) is 0 Å². The molecule has 1 fully saturated rings. The van der Waals surface area contributed by atoms with Crippen LogP contribution >= 0.6 is 11.6 Å². The van der Waals surface area contributed by atoms with Gasteiger partial charge in [-0.15, -0.1) is 0 Å². The molecule has 1 aromatic rings. The summed E-state index contributed by atoms with van der Waals surface area (Å²) < 4.78 is 0. The normalized spacial score (nSPS) is 26.4. The number of nitrogens with zero attached hydrogens (tertiary/aromatic N) is 1. The third kappa shape index (κ3) is 3.21. The first-order valence-corrected chi connectivity index (χ1v) is 6.69. The van der Waals surface area contributed by atoms with Gasteiger partial charge in [0.15, 0.2) is 0 Å². The van der Waals surface area contributed by atoms with E-state index >= 15 is 0 Å². The molecule has 0 bridgehead atoms. The second kappa shape index (κ2) is 5.38. The quantitative estimate of drug-likeness (QED) is 0.877. The minimum atomic E-state index is 0.273. The molecule has 1 saturated heterocycles. The van der Waals surface area contributed by atoms with Gasteiger partial charge >= 0.3 is 0 Å². The minimum absolute atomic E-state index is 0.273. The van der Waals surface area contributed by atoms with Gasteiger partial charge in [-0.1, -0.05) is 23.7 Å². The predicted octanol–water partition coefficient (Wildman–Crippen LogP) is 2.87. The van der Waals surface area contributed by atoms with Crippen molar-refractivity contribution in [2.24, 2.45) is 5.73 Å². The second-order valence-electron chi connectivity index (χ2n) is 5.30. The van der Waals surface area contributed by atoms with Crippen LogP contribution in [0.1, 0.15) is 31.7 Å². The van der Waals surface area contributed by atoms with Crippen molar-refractivity contribution in [3.8, 4) is 0 Å². The minimum Gasteiger partial charge on any atom is -0.327 e. The predicted molar refractivity (Wildman–Crippen MR) is 73.5 cm³/mol. The number of likely N-dealkylation sites (tertiary alicyclic amines) is 1. The average Bonchev–Trinajstić information content (AvgIpc) is 2.28. The first-order chi connectivity index (χ1) is 8.06. The Balaban J connectivity index is 2.15. The molecule has 1 aliphatic rings. The van der Waals surface area contributed by atoms with Crippen molar-refractivity contribution >= 4 is 11.6 Å². The van der Waals surface area contributed by atoms with Crippen LogP contribution in [0.2, 0.25) is 5.02 Å². The molecule has 2 unspecified atom stereocenters. The Kier molecular flexibility index (Phi) is 4.08. The number of hydrogen-bond acceptors (Lipinski definition) is 2. The highest BCUT2D eigenvalue weighted by atomic mass is 35.5. The van der Waals surface area contributed by atoms with Crippen LogP contribution in [0.25, 0.3) is 0 Å². The number of hydrogen-bond donors (Lipinski definition) is 1. The van der Waals surface area contributed by atoms with Crippen molar-refractivity contribution in [2.75, 3.05) is 13.1 Å². The molecule has 94 valence electrons. The van der Waals surface area contributed by atoms with E-state index in [1.165, 1.54) is 5.56 Å². The summed E-state index contributed by atoms with van der Waals surface area (Å²) in [6, 6.07) is 9.01. The molecule has 0 amide bonds. The zero-order chi connectivity index (χ0) is 12.4. The summed E-state index contributed by atoms with van der Waals surface area (Å²) in [5.74, 6) is 0.514. The molecule has 0 spiro atoms. The number of benzene rings is 1. The molecule has 2 N–H and O–H groups in total. The number of piperidine rings is 1. The third-order valence-corrected chi connectivity index (χ3v) is 3.80. The first-order valence-electron chi connectivity index (χ1n) is 6.31. The van der Waals surface area contributed by atoms with Crippen LogP contribution in [0.15, 0.2) is 24.3 Å². The molecule has 0 aromatic heterocycles. The van der Waals surface area contributed by atoms with Crippen molar-refractivity contribution in [2.45, 2.75) is 38.3 Å². The lowest BCUT2D eigenvalue weighted by atomic mass is 9.88. The fraction of sp³-hybridized carbons (Fsp3) is 0.571. The highest BCUT2D eigenvalue weighted by molar-refractivity contribution is 6.30. The second-order valence-corrected chi connectivity index (χ2v) is 5.73. The van der Waals surface area contributed by atoms with Crippen molar-refractivity contribution in [3.05, 3.63) is 34.9 Å². The van der Waals surface area contributed by atoms with Crippen molar-refractivity contribution in [1.29, 1.82) is 0 Å². The Morgan fingerprint density at radius 2 is 2.12 bits per heavy atom. The molecule has 0 aliphatic carbocycles. The van der Waals surface area contributed by atoms with E-state index in [2.05, 4.69) is 30.9 Å². The van der Waals surface area contributed by atoms with Gasteiger partial charge in [-0.05, 0) is 43.9 Å². The van der Waals surface area contributed by atoms with Gasteiger partial charge in [-0.3, -0.25) is 4.90 Å². The maximum absolute atomic E-state index is 6.15. The number of nitrogens with two attached hydrogens (primary N) is 1. The van der Waals surface area contributed by atoms with Gasteiger partial charge in [0.25, 0.3) is 0 Å². The average molecular weight is 253 g/mol. The number of rotatable bonds is 2. The Hall–Kier alpha value is -0.570. The van der Waals surface area contributed by atoms with E-state index in [1.807, 2.05) is 12.1 Å². The number of halogens is 1. The molecule has 1 heterocycles. The van der Waals surface area contributed by atoms with E-state index in [0.29, 0.717) is 12.0 Å². The lowest BCUT2D eigenvalue weighted by Gasteiger charge is -2.39. The summed E-state index contributed by atoms with van der Waals surface area (Å²) in [6.07, 6.45) is 1.06. The standard InChI is InChI=1S/C14H21ClN2/c1-10(2)17-8-12(7-14(16)9-17)11-4-3-5-13(15)6-11/h3-6,10,12,14H,7-9,16H2,1-2H3. The molecule has 1 aromatic carbocycles. The topological polar surface area (TPSA) is 29.3 Å². The van der Waals surface area contributed by atoms with Gasteiger partial charge < -0.3 is 5.73 Å². The largest absolute Gasteiger partial charge is 0.327 e. The molecular weight excluding hydrogens is 232 g/mol. The summed E-state index contributed by atoms with van der Waals surface area (Å²) in [5, 5.41) is 0.817. The van der Waals surface area contributed by atoms with Crippen LogP contribution in [0, 0.1) is 0 Å². The fourth-order valence-electron chi connectivity index (χ4n) is 2.60. The first kappa shape index (κ1) is 12.9. The Bertz CT molecular complexity index is 378. The molecule has 0 radical (unpaired) electrons. The molecule has 2 nitrogen and oxygen atoms in total. The van der Waals surface area contributed by atoms with E-state index in [-0.39, 0.29) is 6.04 Å². The summed E-state index contributed by atoms with van der Waals surface area (Å²) >= 11 is 6.05. The monoisotopic (exact) mass is 252 g/mol. The van der Waals surface area contributed by atoms with Crippen molar-refractivity contribution in [3.63, 3.8) is 0 Å². The van der Waals surface area contributed by atoms with E-state index in [4.69, 9.17) is 17.3 Å². The van der Waals surface area contributed by atoms with Gasteiger partial charge in [-0.25, -0.2) is 0 Å². The Labute approximate surface area is 109 Å². The van der Waals surface area contributed by atoms with Gasteiger partial charge in [0.1, 0.15) is 0 Å². The van der Waals surface area contributed by atoms with Crippen LogP contribution in [0.3, 0.4) is 0 Å². The molecule has 0 saturated carbocycles. The van der Waals surface area contributed by atoms with Gasteiger partial charge in [0.2, 0.25) is 0 Å². The highest BCUT2D eigenvalue weighted by Crippen LogP contribution is 2.28. The highest BCUT2D eigenvalue weighted by Gasteiger charge is 2.27. The Morgan fingerprint density at radius 3 is 2.76 bits per heavy atom. The molecule has 2 rings (SSSR count). The van der Waals surface area contributed by atoms with E-state index in [9.17, 15) is 0 Å². The van der Waals surface area contributed by atoms with Crippen molar-refractivity contribution < 1.29 is 0 Å². The zero-order valence-corrected chi connectivity index (χ0v) is 11.3. The van der Waals surface area contributed by atoms with E-state index < -0.39 is 0 Å². The molecule has 2 atom stereocenters. The lowest BCUT2D eigenvalue weighted by molar-refractivity contribution is 0.152. The van der Waals surface area contributed by atoms with Gasteiger partial charge in [0, 0.05) is 30.2 Å². The SMILES string of the molecule is CC(C)N1CC(N)CC(c2cccc(Cl)c2)C1.